The summed E-state index contributed by atoms with van der Waals surface area (Å²) in [5, 5.41) is 3.19. The van der Waals surface area contributed by atoms with E-state index >= 15 is 0 Å². The molecule has 0 bridgehead atoms. The fraction of sp³-hybridized carbons (Fsp3) is 0.333. The van der Waals surface area contributed by atoms with Crippen LogP contribution in [-0.2, 0) is 7.05 Å². The van der Waals surface area contributed by atoms with Gasteiger partial charge >= 0.3 is 0 Å². The minimum absolute atomic E-state index is 0. The fourth-order valence-corrected chi connectivity index (χ4v) is 1.36. The van der Waals surface area contributed by atoms with Crippen LogP contribution in [0, 0.1) is 13.8 Å². The summed E-state index contributed by atoms with van der Waals surface area (Å²) in [4.78, 5) is 0. The smallest absolute Gasteiger partial charge is 0.0820 e. The van der Waals surface area contributed by atoms with E-state index < -0.39 is 0 Å². The number of fused-ring (bicyclic) bond motifs is 1. The average Bonchev–Trinajstić information content (AvgIpc) is 1.97. The number of hydrogen-bond acceptors (Lipinski definition) is 0. The Morgan fingerprint density at radius 1 is 1.27 bits per heavy atom. The van der Waals surface area contributed by atoms with Crippen LogP contribution in [0.4, 0.5) is 0 Å². The summed E-state index contributed by atoms with van der Waals surface area (Å²) in [6.45, 7) is 4.28. The summed E-state index contributed by atoms with van der Waals surface area (Å²) in [5.41, 5.74) is 5.25. The first-order valence-corrected chi connectivity index (χ1v) is 3.80. The molecule has 0 atom stereocenters. The van der Waals surface area contributed by atoms with Gasteiger partial charge in [-0.15, -0.1) is 0 Å². The molecule has 0 aliphatic rings. The highest BCUT2D eigenvalue weighted by atomic mass is 15.3. The maximum Gasteiger partial charge on any atom is 0.0820 e. The summed E-state index contributed by atoms with van der Waals surface area (Å²) in [6.07, 6.45) is 0. The Morgan fingerprint density at radius 3 is 2.55 bits per heavy atom. The van der Waals surface area contributed by atoms with Crippen molar-refractivity contribution in [3.8, 4) is 0 Å². The Balaban J connectivity index is 0.000000720. The normalized spacial score (nSPS) is 11.2. The molecule has 0 fully saturated rings. The predicted octanol–water partition coefficient (Wildman–Crippen LogP) is 2.37. The molecule has 0 aliphatic heterocycles. The van der Waals surface area contributed by atoms with E-state index in [0.717, 1.165) is 0 Å². The van der Waals surface area contributed by atoms with Gasteiger partial charge in [-0.1, -0.05) is 0 Å². The molecule has 60 valence electrons. The number of rotatable bonds is 0. The lowest BCUT2D eigenvalue weighted by molar-refractivity contribution is 0.761. The Morgan fingerprint density at radius 2 is 1.91 bits per heavy atom. The van der Waals surface area contributed by atoms with Crippen LogP contribution >= 0.6 is 0 Å². The number of nitrogens with one attached hydrogen (secondary N) is 1. The van der Waals surface area contributed by atoms with Crippen molar-refractivity contribution in [2.75, 3.05) is 0 Å². The number of aromatic amines is 1. The van der Waals surface area contributed by atoms with Gasteiger partial charge in [0.2, 0.25) is 0 Å². The maximum absolute atomic E-state index is 3.19. The number of aromatic nitrogens is 2. The zero-order valence-electron chi connectivity index (χ0n) is 7.10. The van der Waals surface area contributed by atoms with Crippen LogP contribution in [0.15, 0.2) is 12.1 Å². The van der Waals surface area contributed by atoms with E-state index in [4.69, 9.17) is 0 Å². The number of nitrogens with zero attached hydrogens (tertiary/aromatic N) is 1. The minimum Gasteiger partial charge on any atom is -0.296 e. The van der Waals surface area contributed by atoms with Gasteiger partial charge in [0.1, 0.15) is 0 Å². The number of aryl methyl sites for hydroxylation is 3. The van der Waals surface area contributed by atoms with Crippen molar-refractivity contribution in [1.82, 2.24) is 9.78 Å². The third-order valence-electron chi connectivity index (χ3n) is 2.26. The van der Waals surface area contributed by atoms with Gasteiger partial charge in [-0.2, -0.15) is 0 Å². The second-order valence-corrected chi connectivity index (χ2v) is 3.12. The molecule has 1 aromatic heterocycles. The molecule has 1 heterocycles. The van der Waals surface area contributed by atoms with E-state index in [1.54, 1.807) is 0 Å². The highest BCUT2D eigenvalue weighted by Crippen LogP contribution is 2.18. The number of benzene rings is 1. The van der Waals surface area contributed by atoms with Crippen LogP contribution in [-0.4, -0.2) is 9.78 Å². The maximum atomic E-state index is 3.19. The fourth-order valence-electron chi connectivity index (χ4n) is 1.36. The Hall–Kier alpha value is -1.18. The molecule has 0 saturated heterocycles. The van der Waals surface area contributed by atoms with Crippen LogP contribution in [0.25, 0.3) is 11.0 Å². The first-order chi connectivity index (χ1) is 5.18. The highest BCUT2D eigenvalue weighted by Gasteiger charge is 2.02. The van der Waals surface area contributed by atoms with Gasteiger partial charge in [-0.25, -0.2) is 0 Å². The zero-order chi connectivity index (χ0) is 8.01. The van der Waals surface area contributed by atoms with E-state index in [2.05, 4.69) is 31.1 Å². The Kier molecular flexibility index (Phi) is 1.13. The molecular formula is C9H14N2. The van der Waals surface area contributed by atoms with E-state index in [0.29, 0.717) is 0 Å². The minimum atomic E-state index is 0. The molecular weight excluding hydrogens is 136 g/mol. The number of hydrogen-bond donors (Lipinski definition) is 1. The average molecular weight is 150 g/mol. The van der Waals surface area contributed by atoms with Crippen LogP contribution in [0.5, 0.6) is 0 Å². The molecule has 2 heteroatoms. The molecule has 2 aromatic rings. The standard InChI is InChI=1S/C9H12N2.H2/c1-6-4-8-9(5-7(6)2)11(3)10-8;/h4-5,10H,1-3H3;1H. The first-order valence-electron chi connectivity index (χ1n) is 3.80. The molecule has 2 nitrogen and oxygen atoms in total. The van der Waals surface area contributed by atoms with Gasteiger partial charge < -0.3 is 0 Å². The van der Waals surface area contributed by atoms with Gasteiger partial charge in [0.15, 0.2) is 0 Å². The molecule has 11 heavy (non-hydrogen) atoms. The molecule has 0 aliphatic carbocycles. The van der Waals surface area contributed by atoms with Crippen LogP contribution in [0.3, 0.4) is 0 Å². The summed E-state index contributed by atoms with van der Waals surface area (Å²) in [5.74, 6) is 0. The SMILES string of the molecule is Cc1cc2[nH]n(C)c2cc1C.[HH]. The van der Waals surface area contributed by atoms with Crippen molar-refractivity contribution >= 4 is 11.0 Å². The van der Waals surface area contributed by atoms with Crippen LogP contribution in [0.2, 0.25) is 0 Å². The van der Waals surface area contributed by atoms with Crippen molar-refractivity contribution in [1.29, 1.82) is 0 Å². The van der Waals surface area contributed by atoms with Crippen molar-refractivity contribution in [2.45, 2.75) is 13.8 Å². The topological polar surface area (TPSA) is 20.7 Å². The lowest BCUT2D eigenvalue weighted by Crippen LogP contribution is -2.05. The second kappa shape index (κ2) is 1.91. The summed E-state index contributed by atoms with van der Waals surface area (Å²) < 4.78 is 2.03. The molecule has 0 spiro atoms. The predicted molar refractivity (Wildman–Crippen MR) is 48.9 cm³/mol. The van der Waals surface area contributed by atoms with E-state index in [9.17, 15) is 0 Å². The summed E-state index contributed by atoms with van der Waals surface area (Å²) in [6, 6.07) is 4.39. The third-order valence-corrected chi connectivity index (χ3v) is 2.26. The largest absolute Gasteiger partial charge is 0.296 e. The van der Waals surface area contributed by atoms with Crippen molar-refractivity contribution in [3.63, 3.8) is 0 Å². The Bertz CT molecular complexity index is 398. The van der Waals surface area contributed by atoms with Crippen molar-refractivity contribution < 1.29 is 1.43 Å². The van der Waals surface area contributed by atoms with E-state index in [1.807, 2.05) is 11.7 Å². The Labute approximate surface area is 67.3 Å². The summed E-state index contributed by atoms with van der Waals surface area (Å²) in [7, 11) is 2.02. The molecule has 0 unspecified atom stereocenters. The van der Waals surface area contributed by atoms with E-state index in [-0.39, 0.29) is 1.43 Å². The summed E-state index contributed by atoms with van der Waals surface area (Å²) >= 11 is 0. The molecule has 0 amide bonds. The van der Waals surface area contributed by atoms with Gasteiger partial charge in [-0.3, -0.25) is 9.78 Å². The lowest BCUT2D eigenvalue weighted by atomic mass is 10.1. The quantitative estimate of drug-likeness (QED) is 0.595. The van der Waals surface area contributed by atoms with Crippen LogP contribution < -0.4 is 0 Å². The first kappa shape index (κ1) is 6.53. The van der Waals surface area contributed by atoms with Crippen molar-refractivity contribution in [3.05, 3.63) is 23.3 Å². The molecule has 1 aromatic carbocycles. The molecule has 2 rings (SSSR count). The number of H-pyrrole nitrogens is 1. The monoisotopic (exact) mass is 150 g/mol. The molecule has 0 saturated carbocycles. The second-order valence-electron chi connectivity index (χ2n) is 3.12. The highest BCUT2D eigenvalue weighted by molar-refractivity contribution is 5.78. The van der Waals surface area contributed by atoms with E-state index in [1.165, 1.54) is 22.2 Å². The van der Waals surface area contributed by atoms with Gasteiger partial charge in [-0.05, 0) is 37.1 Å². The van der Waals surface area contributed by atoms with Gasteiger partial charge in [0, 0.05) is 8.47 Å². The molecule has 0 radical (unpaired) electrons. The third kappa shape index (κ3) is 0.788. The van der Waals surface area contributed by atoms with Gasteiger partial charge in [0.05, 0.1) is 11.0 Å². The lowest BCUT2D eigenvalue weighted by Gasteiger charge is -2.13. The van der Waals surface area contributed by atoms with Crippen LogP contribution in [0.1, 0.15) is 12.6 Å². The zero-order valence-corrected chi connectivity index (χ0v) is 7.10. The van der Waals surface area contributed by atoms with Gasteiger partial charge in [0.25, 0.3) is 0 Å². The molecule has 1 N–H and O–H groups in total. The van der Waals surface area contributed by atoms with Crippen molar-refractivity contribution in [2.24, 2.45) is 7.05 Å².